The number of hydrogen-bond donors (Lipinski definition) is 2. The Morgan fingerprint density at radius 2 is 1.17 bits per heavy atom. The third-order valence-corrected chi connectivity index (χ3v) is 0. The summed E-state index contributed by atoms with van der Waals surface area (Å²) in [5, 5.41) is 0. The first-order chi connectivity index (χ1) is 2.00. The van der Waals surface area contributed by atoms with E-state index in [-0.39, 0.29) is 4.70 Å². The van der Waals surface area contributed by atoms with Gasteiger partial charge in [0.1, 0.15) is 0 Å². The van der Waals surface area contributed by atoms with E-state index >= 15 is 0 Å². The Hall–Kier alpha value is 0.138. The molecule has 6 heavy (non-hydrogen) atoms. The van der Waals surface area contributed by atoms with Crippen molar-refractivity contribution in [3.8, 4) is 0 Å². The average Bonchev–Trinajstić information content (AvgIpc) is 0.722. The Morgan fingerprint density at radius 1 is 1.17 bits per heavy atom. The van der Waals surface area contributed by atoms with Crippen LogP contribution in [0.25, 0.3) is 0 Å². The fraction of sp³-hybridized carbons (Fsp3) is 0. The van der Waals surface area contributed by atoms with Crippen LogP contribution >= 0.6 is 0 Å². The molecule has 6 heteroatoms. The number of hydrogen-bond acceptors (Lipinski definition) is 2. The summed E-state index contributed by atoms with van der Waals surface area (Å²) in [6.07, 6.45) is 0. The van der Waals surface area contributed by atoms with E-state index in [1.807, 2.05) is 0 Å². The van der Waals surface area contributed by atoms with Crippen LogP contribution in [0.15, 0.2) is 0 Å². The van der Waals surface area contributed by atoms with Crippen LogP contribution in [-0.4, -0.2) is 7.52 Å². The van der Waals surface area contributed by atoms with Gasteiger partial charge in [-0.25, -0.2) is 0 Å². The molecule has 0 aromatic carbocycles. The van der Waals surface area contributed by atoms with Crippen molar-refractivity contribution >= 4 is 0 Å². The van der Waals surface area contributed by atoms with Crippen molar-refractivity contribution in [2.75, 3.05) is 0 Å². The van der Waals surface area contributed by atoms with Gasteiger partial charge in [-0.1, -0.05) is 0 Å². The molecule has 4 nitrogen and oxygen atoms in total. The zero-order chi connectivity index (χ0) is 4.50. The first-order valence-electron chi connectivity index (χ1n) is 0.698. The summed E-state index contributed by atoms with van der Waals surface area (Å²) < 4.78 is 32.0. The van der Waals surface area contributed by atoms with Gasteiger partial charge in [0.25, 0.3) is 0 Å². The summed E-state index contributed by atoms with van der Waals surface area (Å²) in [6, 6.07) is 0. The Labute approximate surface area is 36.5 Å². The van der Waals surface area contributed by atoms with E-state index in [1.54, 1.807) is 0 Å². The van der Waals surface area contributed by atoms with Crippen LogP contribution in [0, 0.1) is 0 Å². The van der Waals surface area contributed by atoms with E-state index in [1.165, 1.54) is 0 Å². The third-order valence-electron chi connectivity index (χ3n) is 0. The fourth-order valence-corrected chi connectivity index (χ4v) is 0. The van der Waals surface area contributed by atoms with Crippen molar-refractivity contribution in [2.24, 2.45) is 0 Å². The van der Waals surface area contributed by atoms with E-state index in [2.05, 4.69) is 0 Å². The summed E-state index contributed by atoms with van der Waals surface area (Å²) in [7, 11) is 0. The molecule has 0 radical (unpaired) electrons. The molecule has 0 aromatic heterocycles. The monoisotopic (exact) mass is 184 g/mol. The zero-order valence-corrected chi connectivity index (χ0v) is 4.53. The van der Waals surface area contributed by atoms with Crippen molar-refractivity contribution in [1.29, 1.82) is 0 Å². The molecule has 0 aliphatic carbocycles. The Bertz CT molecular complexity index is 90.7. The van der Waals surface area contributed by atoms with Crippen LogP contribution < -0.4 is 0 Å². The van der Waals surface area contributed by atoms with Gasteiger partial charge in [-0.05, 0) is 0 Å². The molecule has 0 amide bonds. The van der Waals surface area contributed by atoms with Crippen LogP contribution in [0.1, 0.15) is 0 Å². The molecule has 0 spiro atoms. The van der Waals surface area contributed by atoms with Crippen molar-refractivity contribution in [2.45, 2.75) is 0 Å². The minimum absolute atomic E-state index is 0. The molecule has 0 bridgehead atoms. The van der Waals surface area contributed by atoms with Crippen LogP contribution in [-0.2, 0) is 23.5 Å². The Kier molecular flexibility index (Phi) is 3.68. The number of rotatable bonds is 0. The first kappa shape index (κ1) is 9.46. The van der Waals surface area contributed by atoms with Crippen LogP contribution in [0.3, 0.4) is 0 Å². The third kappa shape index (κ3) is 2130. The Morgan fingerprint density at radius 3 is 1.17 bits per heavy atom. The van der Waals surface area contributed by atoms with E-state index in [0.717, 1.165) is 0 Å². The molecule has 0 saturated carbocycles. The molecular formula is H3FMoO4. The molecule has 0 fully saturated rings. The molecule has 40 valence electrons. The van der Waals surface area contributed by atoms with Crippen LogP contribution in [0.4, 0.5) is 4.70 Å². The van der Waals surface area contributed by atoms with Gasteiger partial charge in [-0.2, -0.15) is 0 Å². The van der Waals surface area contributed by atoms with Crippen molar-refractivity contribution < 1.29 is 35.8 Å². The molecule has 0 atom stereocenters. The van der Waals surface area contributed by atoms with Gasteiger partial charge >= 0.3 is 31.1 Å². The molecule has 0 aliphatic heterocycles. The number of halogens is 1. The van der Waals surface area contributed by atoms with Gasteiger partial charge in [-0.15, -0.1) is 0 Å². The van der Waals surface area contributed by atoms with Crippen molar-refractivity contribution in [1.82, 2.24) is 0 Å². The van der Waals surface area contributed by atoms with Gasteiger partial charge in [0.15, 0.2) is 0 Å². The predicted octanol–water partition coefficient (Wildman–Crippen LogP) is -1.20. The van der Waals surface area contributed by atoms with Gasteiger partial charge in [0, 0.05) is 0 Å². The van der Waals surface area contributed by atoms with E-state index in [0.29, 0.717) is 0 Å². The second kappa shape index (κ2) is 2.34. The normalized spacial score (nSPS) is 9.67. The second-order valence-electron chi connectivity index (χ2n) is 0.448. The zero-order valence-electron chi connectivity index (χ0n) is 2.53. The van der Waals surface area contributed by atoms with Gasteiger partial charge in [0.2, 0.25) is 0 Å². The van der Waals surface area contributed by atoms with Crippen molar-refractivity contribution in [3.05, 3.63) is 0 Å². The molecule has 0 aromatic rings. The quantitative estimate of drug-likeness (QED) is 0.461. The summed E-state index contributed by atoms with van der Waals surface area (Å²) in [4.78, 5) is 0. The van der Waals surface area contributed by atoms with Gasteiger partial charge in [-0.3, -0.25) is 4.70 Å². The predicted molar refractivity (Wildman–Crippen MR) is 8.31 cm³/mol. The maximum atomic E-state index is 8.85. The van der Waals surface area contributed by atoms with E-state index in [9.17, 15) is 0 Å². The molecule has 0 rings (SSSR count). The summed E-state index contributed by atoms with van der Waals surface area (Å²) in [6.45, 7) is 0. The Balaban J connectivity index is 0. The maximum absolute atomic E-state index is 8.85. The standard InChI is InChI=1S/FH.Mo.2H2O.2O/h1H;;2*1H2;;/q;+2;;;;/p-2. The molecule has 0 unspecified atom stereocenters. The summed E-state index contributed by atoms with van der Waals surface area (Å²) in [5.74, 6) is 0. The first-order valence-corrected chi connectivity index (χ1v) is 4.13. The SMILES string of the molecule is F.[O]=[Mo](=[O])([OH])[OH]. The summed E-state index contributed by atoms with van der Waals surface area (Å²) in [5.41, 5.74) is 0. The van der Waals surface area contributed by atoms with Crippen LogP contribution in [0.5, 0.6) is 0 Å². The average molecular weight is 182 g/mol. The molecule has 0 saturated heterocycles. The van der Waals surface area contributed by atoms with E-state index < -0.39 is 16.7 Å². The van der Waals surface area contributed by atoms with Crippen LogP contribution in [0.2, 0.25) is 0 Å². The molecule has 2 N–H and O–H groups in total. The van der Waals surface area contributed by atoms with Gasteiger partial charge < -0.3 is 0 Å². The fourth-order valence-electron chi connectivity index (χ4n) is 0. The second-order valence-corrected chi connectivity index (χ2v) is 2.65. The molecule has 0 aliphatic rings. The van der Waals surface area contributed by atoms with E-state index in [4.69, 9.17) is 14.3 Å². The van der Waals surface area contributed by atoms with Crippen molar-refractivity contribution in [3.63, 3.8) is 0 Å². The minimum atomic E-state index is -5.52. The molecule has 0 heterocycles. The topological polar surface area (TPSA) is 74.6 Å². The van der Waals surface area contributed by atoms with Gasteiger partial charge in [0.05, 0.1) is 0 Å². The molecular weight excluding hydrogens is 179 g/mol. The summed E-state index contributed by atoms with van der Waals surface area (Å²) >= 11 is -5.52.